The van der Waals surface area contributed by atoms with Gasteiger partial charge in [-0.2, -0.15) is 0 Å². The van der Waals surface area contributed by atoms with E-state index in [1.165, 1.54) is 0 Å². The molecule has 0 heterocycles. The molecule has 4 rings (SSSR count). The van der Waals surface area contributed by atoms with E-state index in [0.29, 0.717) is 30.0 Å². The number of carbonyl (C=O) groups excluding carboxylic acids is 2. The first kappa shape index (κ1) is 20.3. The highest BCUT2D eigenvalue weighted by molar-refractivity contribution is 6.30. The van der Waals surface area contributed by atoms with Gasteiger partial charge in [0, 0.05) is 10.6 Å². The molecule has 3 N–H and O–H groups in total. The van der Waals surface area contributed by atoms with Crippen molar-refractivity contribution in [1.82, 2.24) is 10.8 Å². The summed E-state index contributed by atoms with van der Waals surface area (Å²) in [5.41, 5.74) is 0.771. The Hall–Kier alpha value is -2.48. The van der Waals surface area contributed by atoms with Crippen LogP contribution in [0.2, 0.25) is 5.02 Å². The Morgan fingerprint density at radius 1 is 1.18 bits per heavy atom. The molecule has 152 valence electrons. The van der Waals surface area contributed by atoms with Gasteiger partial charge < -0.3 is 19.6 Å². The molecule has 8 nitrogen and oxygen atoms in total. The van der Waals surface area contributed by atoms with E-state index in [-0.39, 0.29) is 18.0 Å². The average molecular weight is 410 g/mol. The zero-order chi connectivity index (χ0) is 20.6. The van der Waals surface area contributed by atoms with Gasteiger partial charge in [-0.1, -0.05) is 11.6 Å². The quantitative estimate of drug-likeness (QED) is 0.391. The maximum atomic E-state index is 12.3. The number of carbonyl (C=O) groups is 2. The average Bonchev–Trinajstić information content (AvgIpc) is 2.52. The summed E-state index contributed by atoms with van der Waals surface area (Å²) in [5, 5.41) is 11.2. The van der Waals surface area contributed by atoms with Crippen LogP contribution < -0.4 is 15.5 Å². The molecule has 0 aliphatic heterocycles. The lowest BCUT2D eigenvalue weighted by molar-refractivity contribution is -0.207. The van der Waals surface area contributed by atoms with Crippen molar-refractivity contribution in [3.63, 3.8) is 0 Å². The Labute approximate surface area is 168 Å². The standard InChI is InChI=1S/C19H24ClN3O5/c1-17(2,3)27-16(25)22-19-9-18(10-19,11-19)15(24)28-23-14(21)8-26-13-6-4-12(20)5-7-13/h4-7H,8-11H2,1-3H3,(H2,21,23)(H,22,25). The summed E-state index contributed by atoms with van der Waals surface area (Å²) in [6, 6.07) is 6.72. The maximum absolute atomic E-state index is 12.3. The number of amides is 1. The molecule has 1 aromatic rings. The smallest absolute Gasteiger partial charge is 0.408 e. The number of hydrogen-bond acceptors (Lipinski definition) is 6. The zero-order valence-corrected chi connectivity index (χ0v) is 16.8. The highest BCUT2D eigenvalue weighted by atomic mass is 35.5. The van der Waals surface area contributed by atoms with E-state index in [1.807, 2.05) is 0 Å². The predicted octanol–water partition coefficient (Wildman–Crippen LogP) is 3.19. The second-order valence-corrected chi connectivity index (χ2v) is 8.87. The number of rotatable bonds is 5. The third-order valence-corrected chi connectivity index (χ3v) is 4.95. The topological polar surface area (TPSA) is 110 Å². The monoisotopic (exact) mass is 409 g/mol. The van der Waals surface area contributed by atoms with Gasteiger partial charge in [0.15, 0.2) is 5.84 Å². The zero-order valence-electron chi connectivity index (χ0n) is 16.1. The van der Waals surface area contributed by atoms with Crippen molar-refractivity contribution < 1.29 is 23.9 Å². The van der Waals surface area contributed by atoms with E-state index in [4.69, 9.17) is 31.3 Å². The first-order chi connectivity index (χ1) is 13.0. The van der Waals surface area contributed by atoms with Gasteiger partial charge >= 0.3 is 12.1 Å². The van der Waals surface area contributed by atoms with Crippen molar-refractivity contribution in [3.05, 3.63) is 29.3 Å². The molecule has 3 fully saturated rings. The first-order valence-corrected chi connectivity index (χ1v) is 9.33. The summed E-state index contributed by atoms with van der Waals surface area (Å²) in [6.07, 6.45) is 1.05. The molecule has 0 aromatic heterocycles. The molecule has 1 amide bonds. The molecular weight excluding hydrogens is 386 g/mol. The summed E-state index contributed by atoms with van der Waals surface area (Å²) < 4.78 is 10.6. The fourth-order valence-corrected chi connectivity index (χ4v) is 3.72. The molecule has 0 radical (unpaired) electrons. The molecule has 3 saturated carbocycles. The van der Waals surface area contributed by atoms with Gasteiger partial charge in [0.2, 0.25) is 0 Å². The molecule has 3 aliphatic carbocycles. The third kappa shape index (κ3) is 4.49. The van der Waals surface area contributed by atoms with Crippen LogP contribution in [-0.4, -0.2) is 35.6 Å². The molecule has 1 aromatic carbocycles. The molecule has 3 aliphatic rings. The number of benzene rings is 1. The van der Waals surface area contributed by atoms with Crippen LogP contribution in [0, 0.1) is 10.8 Å². The highest BCUT2D eigenvalue weighted by Gasteiger charge is 2.73. The van der Waals surface area contributed by atoms with Gasteiger partial charge in [-0.3, -0.25) is 5.41 Å². The van der Waals surface area contributed by atoms with Crippen LogP contribution in [0.3, 0.4) is 0 Å². The largest absolute Gasteiger partial charge is 0.486 e. The van der Waals surface area contributed by atoms with Crippen LogP contribution in [0.4, 0.5) is 4.79 Å². The lowest BCUT2D eigenvalue weighted by Crippen LogP contribution is -2.77. The second kappa shape index (κ2) is 7.16. The molecule has 28 heavy (non-hydrogen) atoms. The summed E-state index contributed by atoms with van der Waals surface area (Å²) >= 11 is 5.79. The molecule has 0 unspecified atom stereocenters. The molecule has 9 heteroatoms. The van der Waals surface area contributed by atoms with E-state index in [9.17, 15) is 9.59 Å². The molecular formula is C19H24ClN3O5. The minimum atomic E-state index is -0.598. The number of hydroxylamine groups is 1. The third-order valence-electron chi connectivity index (χ3n) is 4.69. The Kier molecular flexibility index (Phi) is 5.18. The van der Waals surface area contributed by atoms with Gasteiger partial charge in [-0.05, 0) is 64.3 Å². The molecule has 2 bridgehead atoms. The van der Waals surface area contributed by atoms with Crippen LogP contribution in [0.5, 0.6) is 5.75 Å². The lowest BCUT2D eigenvalue weighted by atomic mass is 9.39. The number of ether oxygens (including phenoxy) is 2. The van der Waals surface area contributed by atoms with Gasteiger partial charge in [-0.15, -0.1) is 0 Å². The van der Waals surface area contributed by atoms with Crippen LogP contribution in [0.25, 0.3) is 0 Å². The van der Waals surface area contributed by atoms with Crippen LogP contribution in [0.15, 0.2) is 24.3 Å². The molecule has 0 saturated heterocycles. The number of halogens is 1. The Morgan fingerprint density at radius 3 is 2.36 bits per heavy atom. The Bertz CT molecular complexity index is 768. The van der Waals surface area contributed by atoms with E-state index < -0.39 is 23.1 Å². The van der Waals surface area contributed by atoms with Gasteiger partial charge in [0.1, 0.15) is 18.0 Å². The van der Waals surface area contributed by atoms with Crippen molar-refractivity contribution in [2.45, 2.75) is 51.2 Å². The van der Waals surface area contributed by atoms with Gasteiger partial charge in [0.05, 0.1) is 5.41 Å². The van der Waals surface area contributed by atoms with E-state index in [1.54, 1.807) is 45.0 Å². The SMILES string of the molecule is CC(C)(C)OC(=O)NC12CC(C(=O)ONC(=N)COc3ccc(Cl)cc3)(C1)C2. The van der Waals surface area contributed by atoms with Crippen LogP contribution in [-0.2, 0) is 14.4 Å². The molecule has 0 spiro atoms. The minimum absolute atomic E-state index is 0.0773. The number of hydrogen-bond donors (Lipinski definition) is 3. The second-order valence-electron chi connectivity index (χ2n) is 8.43. The summed E-state index contributed by atoms with van der Waals surface area (Å²) in [7, 11) is 0. The van der Waals surface area contributed by atoms with Crippen molar-refractivity contribution in [2.75, 3.05) is 6.61 Å². The lowest BCUT2D eigenvalue weighted by Gasteiger charge is -2.67. The molecule has 0 atom stereocenters. The number of alkyl carbamates (subject to hydrolysis) is 1. The van der Waals surface area contributed by atoms with Crippen molar-refractivity contribution in [2.24, 2.45) is 5.41 Å². The summed E-state index contributed by atoms with van der Waals surface area (Å²) in [5.74, 6) is 0.0324. The Morgan fingerprint density at radius 2 is 1.79 bits per heavy atom. The van der Waals surface area contributed by atoms with Gasteiger partial charge in [-0.25, -0.2) is 15.1 Å². The van der Waals surface area contributed by atoms with Crippen LogP contribution in [0.1, 0.15) is 40.0 Å². The van der Waals surface area contributed by atoms with E-state index in [0.717, 1.165) is 0 Å². The van der Waals surface area contributed by atoms with E-state index >= 15 is 0 Å². The van der Waals surface area contributed by atoms with Crippen LogP contribution >= 0.6 is 11.6 Å². The summed E-state index contributed by atoms with van der Waals surface area (Å²) in [6.45, 7) is 5.31. The normalized spacial score (nSPS) is 24.9. The fraction of sp³-hybridized carbons (Fsp3) is 0.526. The number of amidine groups is 1. The van der Waals surface area contributed by atoms with Crippen molar-refractivity contribution >= 4 is 29.5 Å². The fourth-order valence-electron chi connectivity index (χ4n) is 3.59. The minimum Gasteiger partial charge on any atom is -0.486 e. The van der Waals surface area contributed by atoms with Crippen molar-refractivity contribution in [1.29, 1.82) is 5.41 Å². The maximum Gasteiger partial charge on any atom is 0.408 e. The predicted molar refractivity (Wildman–Crippen MR) is 102 cm³/mol. The highest BCUT2D eigenvalue weighted by Crippen LogP contribution is 2.67. The van der Waals surface area contributed by atoms with Gasteiger partial charge in [0.25, 0.3) is 0 Å². The van der Waals surface area contributed by atoms with E-state index in [2.05, 4.69) is 10.8 Å². The number of nitrogens with one attached hydrogen (secondary N) is 3. The summed E-state index contributed by atoms with van der Waals surface area (Å²) in [4.78, 5) is 29.2. The van der Waals surface area contributed by atoms with Crippen molar-refractivity contribution in [3.8, 4) is 5.75 Å². The first-order valence-electron chi connectivity index (χ1n) is 8.95. The Balaban J connectivity index is 1.36.